The molecule has 0 unspecified atom stereocenters. The number of benzene rings is 3. The van der Waals surface area contributed by atoms with Gasteiger partial charge < -0.3 is 19.5 Å². The van der Waals surface area contributed by atoms with Crippen LogP contribution in [0.3, 0.4) is 0 Å². The van der Waals surface area contributed by atoms with E-state index in [1.165, 1.54) is 5.56 Å². The number of anilines is 3. The maximum atomic E-state index is 13.7. The van der Waals surface area contributed by atoms with Crippen molar-refractivity contribution in [2.24, 2.45) is 0 Å². The number of nitrogens with zero attached hydrogens (tertiary/aromatic N) is 2. The number of carbonyl (C=O) groups excluding carboxylic acids is 1. The normalized spacial score (nSPS) is 19.6. The number of hydrogen-bond donors (Lipinski definition) is 1. The summed E-state index contributed by atoms with van der Waals surface area (Å²) in [6.45, 7) is 7.71. The first-order chi connectivity index (χ1) is 16.0. The molecule has 0 amide bonds. The Morgan fingerprint density at radius 1 is 1.00 bits per heavy atom. The fourth-order valence-electron chi connectivity index (χ4n) is 5.05. The highest BCUT2D eigenvalue weighted by molar-refractivity contribution is 6.28. The van der Waals surface area contributed by atoms with Crippen LogP contribution in [0.1, 0.15) is 35.3 Å². The number of rotatable bonds is 3. The molecule has 1 N–H and O–H groups in total. The molecule has 1 aliphatic carbocycles. The molecule has 1 saturated heterocycles. The molecule has 0 spiro atoms. The Balaban J connectivity index is 1.60. The van der Waals surface area contributed by atoms with E-state index < -0.39 is 0 Å². The summed E-state index contributed by atoms with van der Waals surface area (Å²) in [5.74, 6) is 0.634. The Hall–Kier alpha value is -3.64. The number of aromatic nitrogens is 1. The lowest BCUT2D eigenvalue weighted by Crippen LogP contribution is -2.45. The molecule has 6 heteroatoms. The number of hydrogen-bond acceptors (Lipinski definition) is 6. The van der Waals surface area contributed by atoms with Gasteiger partial charge in [-0.05, 0) is 39.0 Å². The van der Waals surface area contributed by atoms with Crippen molar-refractivity contribution in [1.82, 2.24) is 5.16 Å². The van der Waals surface area contributed by atoms with Crippen LogP contribution < -0.4 is 10.2 Å². The van der Waals surface area contributed by atoms with E-state index in [2.05, 4.69) is 48.3 Å². The summed E-state index contributed by atoms with van der Waals surface area (Å²) in [4.78, 5) is 16.0. The predicted molar refractivity (Wildman–Crippen MR) is 130 cm³/mol. The van der Waals surface area contributed by atoms with Crippen molar-refractivity contribution >= 4 is 33.7 Å². The minimum atomic E-state index is -0.0174. The maximum absolute atomic E-state index is 13.7. The van der Waals surface area contributed by atoms with Crippen LogP contribution in [0.25, 0.3) is 22.2 Å². The van der Waals surface area contributed by atoms with Crippen molar-refractivity contribution in [3.63, 3.8) is 0 Å². The molecule has 4 aromatic rings. The second kappa shape index (κ2) is 7.46. The third-order valence-electron chi connectivity index (χ3n) is 6.47. The Morgan fingerprint density at radius 2 is 1.70 bits per heavy atom. The van der Waals surface area contributed by atoms with E-state index in [-0.39, 0.29) is 18.0 Å². The molecule has 2 heterocycles. The standard InChI is InChI=1S/C27H25N3O3/c1-15-8-10-18(11-9-15)28-21-12-22(30-13-16(2)32-17(3)14-30)25-24-23(21)26(31)19-6-4-5-7-20(19)27(24)33-29-25/h4-12,16-17,28H,13-14H2,1-3H3/t16-,17+. The van der Waals surface area contributed by atoms with Crippen LogP contribution in [-0.2, 0) is 4.74 Å². The Bertz CT molecular complexity index is 1380. The van der Waals surface area contributed by atoms with E-state index in [1.54, 1.807) is 0 Å². The van der Waals surface area contributed by atoms with Gasteiger partial charge in [-0.1, -0.05) is 47.1 Å². The largest absolute Gasteiger partial charge is 0.372 e. The number of fused-ring (bicyclic) bond motifs is 2. The molecule has 0 radical (unpaired) electrons. The van der Waals surface area contributed by atoms with Crippen molar-refractivity contribution in [2.75, 3.05) is 23.3 Å². The summed E-state index contributed by atoms with van der Waals surface area (Å²) in [5.41, 5.74) is 6.58. The lowest BCUT2D eigenvalue weighted by atomic mass is 9.86. The Labute approximate surface area is 192 Å². The second-order valence-electron chi connectivity index (χ2n) is 9.08. The molecule has 1 fully saturated rings. The van der Waals surface area contributed by atoms with Gasteiger partial charge in [0.1, 0.15) is 5.52 Å². The van der Waals surface area contributed by atoms with Gasteiger partial charge in [-0.25, -0.2) is 0 Å². The van der Waals surface area contributed by atoms with Gasteiger partial charge in [-0.2, -0.15) is 0 Å². The van der Waals surface area contributed by atoms with Crippen LogP contribution in [0.5, 0.6) is 0 Å². The number of morpholine rings is 1. The summed E-state index contributed by atoms with van der Waals surface area (Å²) >= 11 is 0. The van der Waals surface area contributed by atoms with Crippen LogP contribution in [0.4, 0.5) is 17.1 Å². The lowest BCUT2D eigenvalue weighted by molar-refractivity contribution is -0.00515. The minimum Gasteiger partial charge on any atom is -0.372 e. The van der Waals surface area contributed by atoms with Gasteiger partial charge in [0.15, 0.2) is 11.5 Å². The quantitative estimate of drug-likeness (QED) is 0.389. The van der Waals surface area contributed by atoms with Crippen molar-refractivity contribution in [3.8, 4) is 11.3 Å². The van der Waals surface area contributed by atoms with Crippen LogP contribution in [-0.4, -0.2) is 36.2 Å². The average molecular weight is 440 g/mol. The van der Waals surface area contributed by atoms with E-state index in [0.717, 1.165) is 46.6 Å². The Morgan fingerprint density at radius 3 is 2.42 bits per heavy atom. The molecular formula is C27H25N3O3. The van der Waals surface area contributed by atoms with Gasteiger partial charge in [0.2, 0.25) is 0 Å². The molecule has 3 aromatic carbocycles. The molecule has 33 heavy (non-hydrogen) atoms. The first kappa shape index (κ1) is 20.0. The van der Waals surface area contributed by atoms with Gasteiger partial charge >= 0.3 is 0 Å². The highest BCUT2D eigenvalue weighted by Crippen LogP contribution is 2.46. The molecule has 166 valence electrons. The summed E-state index contributed by atoms with van der Waals surface area (Å²) in [6.07, 6.45) is 0.192. The van der Waals surface area contributed by atoms with E-state index in [9.17, 15) is 4.79 Å². The van der Waals surface area contributed by atoms with Crippen LogP contribution in [0.15, 0.2) is 59.1 Å². The van der Waals surface area contributed by atoms with Crippen LogP contribution in [0, 0.1) is 6.92 Å². The minimum absolute atomic E-state index is 0.0174. The van der Waals surface area contributed by atoms with E-state index in [4.69, 9.17) is 9.26 Å². The van der Waals surface area contributed by atoms with Gasteiger partial charge in [0.25, 0.3) is 0 Å². The zero-order valence-electron chi connectivity index (χ0n) is 18.9. The molecule has 0 saturated carbocycles. The number of aryl methyl sites for hydroxylation is 1. The molecule has 0 bridgehead atoms. The molecule has 2 atom stereocenters. The third-order valence-corrected chi connectivity index (χ3v) is 6.47. The van der Waals surface area contributed by atoms with Gasteiger partial charge in [0.05, 0.1) is 34.5 Å². The lowest BCUT2D eigenvalue weighted by Gasteiger charge is -2.37. The monoisotopic (exact) mass is 439 g/mol. The zero-order valence-corrected chi connectivity index (χ0v) is 18.9. The molecule has 6 nitrogen and oxygen atoms in total. The average Bonchev–Trinajstić information content (AvgIpc) is 3.24. The van der Waals surface area contributed by atoms with Crippen molar-refractivity contribution < 1.29 is 14.1 Å². The predicted octanol–water partition coefficient (Wildman–Crippen LogP) is 5.70. The fraction of sp³-hybridized carbons (Fsp3) is 0.259. The maximum Gasteiger partial charge on any atom is 0.196 e. The topological polar surface area (TPSA) is 67.6 Å². The van der Waals surface area contributed by atoms with Crippen molar-refractivity contribution in [3.05, 3.63) is 71.3 Å². The summed E-state index contributed by atoms with van der Waals surface area (Å²) < 4.78 is 11.8. The molecule has 2 aliphatic rings. The molecule has 1 aliphatic heterocycles. The van der Waals surface area contributed by atoms with Crippen molar-refractivity contribution in [2.45, 2.75) is 33.0 Å². The Kier molecular flexibility index (Phi) is 4.52. The molecule has 1 aromatic heterocycles. The van der Waals surface area contributed by atoms with Gasteiger partial charge in [-0.3, -0.25) is 4.79 Å². The van der Waals surface area contributed by atoms with E-state index in [0.29, 0.717) is 16.9 Å². The van der Waals surface area contributed by atoms with Crippen molar-refractivity contribution in [1.29, 1.82) is 0 Å². The molecule has 6 rings (SSSR count). The second-order valence-corrected chi connectivity index (χ2v) is 9.08. The van der Waals surface area contributed by atoms with Gasteiger partial charge in [0, 0.05) is 29.9 Å². The third kappa shape index (κ3) is 3.21. The number of ketones is 1. The van der Waals surface area contributed by atoms with E-state index in [1.807, 2.05) is 42.5 Å². The molecular weight excluding hydrogens is 414 g/mol. The van der Waals surface area contributed by atoms with E-state index >= 15 is 0 Å². The van der Waals surface area contributed by atoms with Crippen LogP contribution >= 0.6 is 0 Å². The summed E-state index contributed by atoms with van der Waals surface area (Å²) in [7, 11) is 0. The number of carbonyl (C=O) groups is 1. The summed E-state index contributed by atoms with van der Waals surface area (Å²) in [5, 5.41) is 8.76. The highest BCUT2D eigenvalue weighted by atomic mass is 16.5. The van der Waals surface area contributed by atoms with Crippen LogP contribution in [0.2, 0.25) is 0 Å². The van der Waals surface area contributed by atoms with Gasteiger partial charge in [-0.15, -0.1) is 0 Å². The first-order valence-corrected chi connectivity index (χ1v) is 11.3. The fourth-order valence-corrected chi connectivity index (χ4v) is 5.05. The number of ether oxygens (including phenoxy) is 1. The number of nitrogens with one attached hydrogen (secondary N) is 1. The SMILES string of the molecule is Cc1ccc(Nc2cc(N3C[C@@H](C)O[C@@H](C)C3)c3noc4c3c2C(=O)c2ccccc2-4)cc1. The zero-order chi connectivity index (χ0) is 22.7. The smallest absolute Gasteiger partial charge is 0.196 e. The summed E-state index contributed by atoms with van der Waals surface area (Å²) in [6, 6.07) is 17.8. The highest BCUT2D eigenvalue weighted by Gasteiger charge is 2.34. The first-order valence-electron chi connectivity index (χ1n) is 11.3.